The van der Waals surface area contributed by atoms with E-state index in [0.29, 0.717) is 0 Å². The predicted molar refractivity (Wildman–Crippen MR) is 166 cm³/mol. The van der Waals surface area contributed by atoms with Gasteiger partial charge in [0.1, 0.15) is 0 Å². The number of fused-ring (bicyclic) bond motifs is 16. The van der Waals surface area contributed by atoms with E-state index in [2.05, 4.69) is 146 Å². The second kappa shape index (κ2) is 7.87. The van der Waals surface area contributed by atoms with Crippen molar-refractivity contribution in [3.8, 4) is 22.3 Å². The first-order chi connectivity index (χ1) is 19.8. The average molecular weight is 527 g/mol. The zero-order valence-electron chi connectivity index (χ0n) is 22.2. The second-order valence-electron chi connectivity index (χ2n) is 11.1. The molecule has 0 unspecified atom stereocenters. The van der Waals surface area contributed by atoms with Gasteiger partial charge in [-0.1, -0.05) is 127 Å². The van der Waals surface area contributed by atoms with Crippen molar-refractivity contribution in [2.24, 2.45) is 0 Å². The Balaban J connectivity index is 1.52. The summed E-state index contributed by atoms with van der Waals surface area (Å²) in [5.74, 6) is 0. The first kappa shape index (κ1) is 22.5. The van der Waals surface area contributed by atoms with E-state index in [-0.39, 0.29) is 10.8 Å². The van der Waals surface area contributed by atoms with Crippen LogP contribution in [-0.2, 0) is 10.8 Å². The van der Waals surface area contributed by atoms with Gasteiger partial charge in [-0.25, -0.2) is 0 Å². The van der Waals surface area contributed by atoms with Crippen molar-refractivity contribution in [1.82, 2.24) is 0 Å². The molecule has 0 saturated carbocycles. The van der Waals surface area contributed by atoms with E-state index in [0.717, 1.165) is 0 Å². The predicted octanol–water partition coefficient (Wildman–Crippen LogP) is 9.45. The van der Waals surface area contributed by atoms with E-state index in [1.165, 1.54) is 71.7 Å². The fraction of sp³-hybridized carbons (Fsp3) is 0.0769. The summed E-state index contributed by atoms with van der Waals surface area (Å²) in [7, 11) is 0. The molecule has 6 aromatic carbocycles. The maximum absolute atomic E-state index is 2.46. The van der Waals surface area contributed by atoms with E-state index >= 15 is 0 Å². The van der Waals surface area contributed by atoms with Crippen molar-refractivity contribution < 1.29 is 0 Å². The highest BCUT2D eigenvalue weighted by Crippen LogP contribution is 2.67. The first-order valence-corrected chi connectivity index (χ1v) is 15.2. The van der Waals surface area contributed by atoms with Crippen LogP contribution in [0.25, 0.3) is 22.3 Å². The quantitative estimate of drug-likeness (QED) is 0.192. The van der Waals surface area contributed by atoms with Crippen molar-refractivity contribution in [3.05, 3.63) is 184 Å². The third-order valence-corrected chi connectivity index (χ3v) is 10.4. The van der Waals surface area contributed by atoms with E-state index in [1.807, 2.05) is 11.8 Å². The molecule has 6 aromatic rings. The van der Waals surface area contributed by atoms with Crippen molar-refractivity contribution >= 4 is 11.8 Å². The molecule has 2 spiro atoms. The molecule has 0 amide bonds. The molecule has 0 fully saturated rings. The van der Waals surface area contributed by atoms with Crippen LogP contribution in [0.2, 0.25) is 0 Å². The molecule has 0 N–H and O–H groups in total. The van der Waals surface area contributed by atoms with Gasteiger partial charge in [0.2, 0.25) is 0 Å². The lowest BCUT2D eigenvalue weighted by molar-refractivity contribution is 0.632. The zero-order chi connectivity index (χ0) is 26.5. The number of benzene rings is 6. The molecule has 0 heterocycles. The molecule has 3 aliphatic carbocycles. The lowest BCUT2D eigenvalue weighted by Gasteiger charge is -2.48. The summed E-state index contributed by atoms with van der Waals surface area (Å²) in [6, 6.07) is 52.9. The first-order valence-electron chi connectivity index (χ1n) is 14.0. The fourth-order valence-corrected chi connectivity index (χ4v) is 8.79. The number of hydrogen-bond acceptors (Lipinski definition) is 1. The molecule has 3 aliphatic rings. The Bertz CT molecular complexity index is 1920. The van der Waals surface area contributed by atoms with Crippen molar-refractivity contribution in [2.75, 3.05) is 6.26 Å². The van der Waals surface area contributed by atoms with Crippen molar-refractivity contribution in [1.29, 1.82) is 0 Å². The van der Waals surface area contributed by atoms with Gasteiger partial charge in [-0.3, -0.25) is 0 Å². The maximum Gasteiger partial charge on any atom is 0.0720 e. The van der Waals surface area contributed by atoms with Gasteiger partial charge >= 0.3 is 0 Å². The van der Waals surface area contributed by atoms with E-state index in [1.54, 1.807) is 0 Å². The van der Waals surface area contributed by atoms with Crippen LogP contribution in [0.3, 0.4) is 0 Å². The third-order valence-electron chi connectivity index (χ3n) is 9.67. The topological polar surface area (TPSA) is 0 Å². The highest BCUT2D eigenvalue weighted by Gasteiger charge is 2.58. The van der Waals surface area contributed by atoms with Gasteiger partial charge in [-0.15, -0.1) is 11.8 Å². The summed E-state index contributed by atoms with van der Waals surface area (Å²) in [6.07, 6.45) is 2.18. The Hall–Kier alpha value is -4.33. The zero-order valence-corrected chi connectivity index (χ0v) is 23.0. The van der Waals surface area contributed by atoms with Crippen LogP contribution in [0.5, 0.6) is 0 Å². The molecule has 0 aromatic heterocycles. The maximum atomic E-state index is 2.46. The minimum Gasteiger partial charge on any atom is -0.130 e. The molecule has 40 heavy (non-hydrogen) atoms. The lowest BCUT2D eigenvalue weighted by Crippen LogP contribution is -2.43. The van der Waals surface area contributed by atoms with Gasteiger partial charge in [-0.05, 0) is 85.1 Å². The Morgan fingerprint density at radius 1 is 0.350 bits per heavy atom. The second-order valence-corrected chi connectivity index (χ2v) is 12.0. The average Bonchev–Trinajstić information content (AvgIpc) is 3.49. The summed E-state index contributed by atoms with van der Waals surface area (Å²) in [5, 5.41) is 0. The standard InChI is InChI=1S/C39H26S/c1-40-25-22-23-29-28-14-4-7-17-32(28)39(37(29)24-25)35-20-10-8-18-33(35)38(34-19-9-11-21-36(34)39)30-15-5-2-12-26(30)27-13-3-6-16-31(27)38/h2-24H,1H3. The Labute approximate surface area is 239 Å². The molecule has 1 heteroatoms. The molecule has 0 aliphatic heterocycles. The van der Waals surface area contributed by atoms with Gasteiger partial charge in [0.25, 0.3) is 0 Å². The fourth-order valence-electron chi connectivity index (χ4n) is 8.35. The van der Waals surface area contributed by atoms with Gasteiger partial charge in [-0.2, -0.15) is 0 Å². The molecule has 0 saturated heterocycles. The van der Waals surface area contributed by atoms with E-state index in [9.17, 15) is 0 Å². The highest BCUT2D eigenvalue weighted by molar-refractivity contribution is 7.98. The summed E-state index contributed by atoms with van der Waals surface area (Å²) >= 11 is 1.82. The van der Waals surface area contributed by atoms with Gasteiger partial charge in [0.15, 0.2) is 0 Å². The molecular weight excluding hydrogens is 500 g/mol. The Morgan fingerprint density at radius 3 is 1.07 bits per heavy atom. The summed E-state index contributed by atoms with van der Waals surface area (Å²) in [4.78, 5) is 1.30. The van der Waals surface area contributed by atoms with Crippen LogP contribution in [0.1, 0.15) is 44.5 Å². The summed E-state index contributed by atoms with van der Waals surface area (Å²) < 4.78 is 0. The highest BCUT2D eigenvalue weighted by atomic mass is 32.2. The monoisotopic (exact) mass is 526 g/mol. The van der Waals surface area contributed by atoms with Crippen LogP contribution in [0.4, 0.5) is 0 Å². The normalized spacial score (nSPS) is 15.6. The smallest absolute Gasteiger partial charge is 0.0720 e. The molecule has 9 rings (SSSR count). The molecule has 0 bridgehead atoms. The summed E-state index contributed by atoms with van der Waals surface area (Å²) in [6.45, 7) is 0. The summed E-state index contributed by atoms with van der Waals surface area (Å²) in [5.41, 5.74) is 15.7. The Morgan fingerprint density at radius 2 is 0.675 bits per heavy atom. The molecular formula is C39H26S. The van der Waals surface area contributed by atoms with E-state index in [4.69, 9.17) is 0 Å². The molecule has 0 nitrogen and oxygen atoms in total. The minimum atomic E-state index is -0.386. The van der Waals surface area contributed by atoms with Gasteiger partial charge in [0.05, 0.1) is 10.8 Å². The SMILES string of the molecule is CSc1ccc2c(c1)C1(c3ccccc3-2)c2ccccc2C2(c3ccccc3-c3ccccc32)c2ccccc21. The van der Waals surface area contributed by atoms with Crippen LogP contribution in [-0.4, -0.2) is 6.26 Å². The largest absolute Gasteiger partial charge is 0.130 e. The number of rotatable bonds is 1. The van der Waals surface area contributed by atoms with Crippen LogP contribution >= 0.6 is 11.8 Å². The molecule has 188 valence electrons. The van der Waals surface area contributed by atoms with Gasteiger partial charge < -0.3 is 0 Å². The Kier molecular flexibility index (Phi) is 4.42. The number of hydrogen-bond donors (Lipinski definition) is 0. The van der Waals surface area contributed by atoms with E-state index < -0.39 is 0 Å². The van der Waals surface area contributed by atoms with Crippen LogP contribution in [0.15, 0.2) is 144 Å². The van der Waals surface area contributed by atoms with Gasteiger partial charge in [0, 0.05) is 4.90 Å². The van der Waals surface area contributed by atoms with Crippen LogP contribution in [0, 0.1) is 0 Å². The molecule has 0 radical (unpaired) electrons. The minimum absolute atomic E-state index is 0.375. The van der Waals surface area contributed by atoms with Crippen molar-refractivity contribution in [2.45, 2.75) is 15.7 Å². The lowest BCUT2D eigenvalue weighted by atomic mass is 9.52. The molecule has 0 atom stereocenters. The van der Waals surface area contributed by atoms with Crippen molar-refractivity contribution in [3.63, 3.8) is 0 Å². The number of thioether (sulfide) groups is 1. The third kappa shape index (κ3) is 2.43. The van der Waals surface area contributed by atoms with Crippen LogP contribution < -0.4 is 0 Å².